The number of nitrogens with zero attached hydrogens (tertiary/aromatic N) is 4. The van der Waals surface area contributed by atoms with Crippen LogP contribution in [-0.4, -0.2) is 67.1 Å². The largest absolute Gasteiger partial charge is 0.421 e. The van der Waals surface area contributed by atoms with Crippen molar-refractivity contribution in [2.45, 2.75) is 6.18 Å². The maximum absolute atomic E-state index is 13.3. The molecule has 2 aromatic rings. The molecule has 1 aliphatic heterocycles. The van der Waals surface area contributed by atoms with Gasteiger partial charge in [0.1, 0.15) is 25.5 Å². The minimum Gasteiger partial charge on any atom is -0.379 e. The number of benzene rings is 1. The fourth-order valence-corrected chi connectivity index (χ4v) is 2.77. The van der Waals surface area contributed by atoms with Gasteiger partial charge in [-0.2, -0.15) is 22.8 Å². The van der Waals surface area contributed by atoms with Crippen LogP contribution in [0.15, 0.2) is 30.5 Å². The molecule has 0 unspecified atom stereocenters. The molecule has 1 aliphatic rings. The highest BCUT2D eigenvalue weighted by molar-refractivity contribution is 5.59. The minimum absolute atomic E-state index is 0.0352. The molecule has 158 valence electrons. The van der Waals surface area contributed by atoms with Crippen molar-refractivity contribution in [2.75, 3.05) is 57.7 Å². The lowest BCUT2D eigenvalue weighted by molar-refractivity contribution is -0.137. The maximum Gasteiger partial charge on any atom is 0.421 e. The van der Waals surface area contributed by atoms with Crippen LogP contribution < -0.4 is 15.3 Å². The van der Waals surface area contributed by atoms with Gasteiger partial charge in [-0.05, 0) is 12.1 Å². The Labute approximate surface area is 166 Å². The van der Waals surface area contributed by atoms with E-state index in [1.807, 2.05) is 4.90 Å². The van der Waals surface area contributed by atoms with E-state index in [1.54, 1.807) is 38.4 Å². The highest BCUT2D eigenvalue weighted by Crippen LogP contribution is 2.34. The molecular weight excluding hydrogens is 389 g/mol. The number of hydrogen-bond acceptors (Lipinski definition) is 7. The average Bonchev–Trinajstić information content (AvgIpc) is 2.66. The first kappa shape index (κ1) is 21.2. The molecule has 3 N–H and O–H groups in total. The van der Waals surface area contributed by atoms with Crippen LogP contribution in [0, 0.1) is 0 Å². The van der Waals surface area contributed by atoms with Gasteiger partial charge in [0.25, 0.3) is 0 Å². The van der Waals surface area contributed by atoms with Crippen molar-refractivity contribution >= 4 is 23.1 Å². The highest BCUT2D eigenvalue weighted by atomic mass is 19.4. The number of halogens is 3. The zero-order chi connectivity index (χ0) is 21.1. The van der Waals surface area contributed by atoms with Crippen LogP contribution in [0.4, 0.5) is 36.3 Å². The summed E-state index contributed by atoms with van der Waals surface area (Å²) >= 11 is 0. The Kier molecular flexibility index (Phi) is 6.22. The van der Waals surface area contributed by atoms with E-state index in [9.17, 15) is 18.4 Å². The SMILES string of the molecule is C[N+](C)(O)c1ccc(Nc2ncc(C(F)(F)F)c(NCN3CCOCC3)n2)cc1. The van der Waals surface area contributed by atoms with Gasteiger partial charge >= 0.3 is 6.18 Å². The molecular formula is C18H24F3N6O2+. The second-order valence-corrected chi connectivity index (χ2v) is 7.09. The molecule has 0 amide bonds. The molecule has 0 atom stereocenters. The van der Waals surface area contributed by atoms with E-state index in [0.717, 1.165) is 6.20 Å². The quantitative estimate of drug-likeness (QED) is 0.496. The normalized spacial score (nSPS) is 15.9. The van der Waals surface area contributed by atoms with Crippen molar-refractivity contribution in [1.82, 2.24) is 19.5 Å². The number of anilines is 3. The third-order valence-electron chi connectivity index (χ3n) is 4.42. The standard InChI is InChI=1S/C18H24F3N6O2/c1-27(2,28)14-5-3-13(4-6-14)24-17-22-11-15(18(19,20)21)16(25-17)23-12-26-7-9-29-10-8-26/h3-6,11,28H,7-10,12H2,1-2H3,(H2,22,23,24,25)/q+1. The zero-order valence-electron chi connectivity index (χ0n) is 16.2. The summed E-state index contributed by atoms with van der Waals surface area (Å²) < 4.78 is 44.9. The minimum atomic E-state index is -4.57. The summed E-state index contributed by atoms with van der Waals surface area (Å²) in [6.07, 6.45) is -3.81. The van der Waals surface area contributed by atoms with Gasteiger partial charge in [0.05, 0.1) is 19.9 Å². The lowest BCUT2D eigenvalue weighted by atomic mass is 10.2. The molecule has 0 aliphatic carbocycles. The third kappa shape index (κ3) is 5.76. The first-order chi connectivity index (χ1) is 13.6. The topological polar surface area (TPSA) is 82.5 Å². The van der Waals surface area contributed by atoms with E-state index in [4.69, 9.17) is 4.74 Å². The summed E-state index contributed by atoms with van der Waals surface area (Å²) in [7, 11) is 3.21. The number of aromatic nitrogens is 2. The predicted molar refractivity (Wildman–Crippen MR) is 103 cm³/mol. The molecule has 1 aromatic carbocycles. The summed E-state index contributed by atoms with van der Waals surface area (Å²) in [5.74, 6) is -0.251. The summed E-state index contributed by atoms with van der Waals surface area (Å²) in [5, 5.41) is 15.6. The van der Waals surface area contributed by atoms with Gasteiger partial charge in [-0.3, -0.25) is 4.90 Å². The van der Waals surface area contributed by atoms with Crippen LogP contribution in [0.1, 0.15) is 5.56 Å². The van der Waals surface area contributed by atoms with Crippen molar-refractivity contribution < 1.29 is 23.1 Å². The fraction of sp³-hybridized carbons (Fsp3) is 0.444. The number of ether oxygens (including phenoxy) is 1. The number of morpholine rings is 1. The van der Waals surface area contributed by atoms with Crippen LogP contribution in [0.5, 0.6) is 0 Å². The van der Waals surface area contributed by atoms with Crippen molar-refractivity contribution in [2.24, 2.45) is 0 Å². The molecule has 8 nitrogen and oxygen atoms in total. The van der Waals surface area contributed by atoms with E-state index in [2.05, 4.69) is 20.6 Å². The van der Waals surface area contributed by atoms with E-state index in [-0.39, 0.29) is 23.1 Å². The molecule has 2 heterocycles. The van der Waals surface area contributed by atoms with Crippen LogP contribution in [0.3, 0.4) is 0 Å². The van der Waals surface area contributed by atoms with Crippen molar-refractivity contribution in [1.29, 1.82) is 0 Å². The van der Waals surface area contributed by atoms with Crippen LogP contribution >= 0.6 is 0 Å². The Balaban J connectivity index is 1.76. The van der Waals surface area contributed by atoms with Crippen molar-refractivity contribution in [3.8, 4) is 0 Å². The van der Waals surface area contributed by atoms with Gasteiger partial charge in [0.2, 0.25) is 5.95 Å². The molecule has 0 radical (unpaired) electrons. The number of hydroxylamine groups is 2. The predicted octanol–water partition coefficient (Wildman–Crippen LogP) is 2.90. The van der Waals surface area contributed by atoms with Crippen molar-refractivity contribution in [3.63, 3.8) is 0 Å². The summed E-state index contributed by atoms with van der Waals surface area (Å²) in [4.78, 5) is 9.77. The number of hydrogen-bond donors (Lipinski definition) is 3. The second-order valence-electron chi connectivity index (χ2n) is 7.09. The van der Waals surface area contributed by atoms with Gasteiger partial charge in [0, 0.05) is 37.1 Å². The lowest BCUT2D eigenvalue weighted by Crippen LogP contribution is -2.39. The van der Waals surface area contributed by atoms with Crippen LogP contribution in [-0.2, 0) is 10.9 Å². The van der Waals surface area contributed by atoms with Crippen LogP contribution in [0.2, 0.25) is 0 Å². The first-order valence-corrected chi connectivity index (χ1v) is 9.05. The number of rotatable bonds is 6. The average molecular weight is 413 g/mol. The molecule has 0 bridgehead atoms. The Bertz CT molecular complexity index is 818. The maximum atomic E-state index is 13.3. The lowest BCUT2D eigenvalue weighted by Gasteiger charge is -2.27. The summed E-state index contributed by atoms with van der Waals surface area (Å²) in [6.45, 7) is 2.59. The Morgan fingerprint density at radius 2 is 1.83 bits per heavy atom. The molecule has 1 aromatic heterocycles. The fourth-order valence-electron chi connectivity index (χ4n) is 2.77. The van der Waals surface area contributed by atoms with Crippen LogP contribution in [0.25, 0.3) is 0 Å². The molecule has 1 fully saturated rings. The summed E-state index contributed by atoms with van der Waals surface area (Å²) in [5.41, 5.74) is 0.309. The second kappa shape index (κ2) is 8.49. The Morgan fingerprint density at radius 3 is 2.41 bits per heavy atom. The van der Waals surface area contributed by atoms with Crippen molar-refractivity contribution in [3.05, 3.63) is 36.0 Å². The molecule has 1 saturated heterocycles. The summed E-state index contributed by atoms with van der Waals surface area (Å²) in [6, 6.07) is 6.77. The van der Waals surface area contributed by atoms with E-state index in [1.165, 1.54) is 0 Å². The Morgan fingerprint density at radius 1 is 1.17 bits per heavy atom. The van der Waals surface area contributed by atoms with E-state index in [0.29, 0.717) is 37.7 Å². The molecule has 29 heavy (non-hydrogen) atoms. The zero-order valence-corrected chi connectivity index (χ0v) is 16.2. The molecule has 0 spiro atoms. The Hall–Kier alpha value is -2.47. The van der Waals surface area contributed by atoms with E-state index < -0.39 is 11.7 Å². The highest BCUT2D eigenvalue weighted by Gasteiger charge is 2.35. The monoisotopic (exact) mass is 413 g/mol. The van der Waals surface area contributed by atoms with Gasteiger partial charge in [0.15, 0.2) is 5.69 Å². The third-order valence-corrected chi connectivity index (χ3v) is 4.42. The smallest absolute Gasteiger partial charge is 0.379 e. The number of nitrogens with one attached hydrogen (secondary N) is 2. The first-order valence-electron chi connectivity index (χ1n) is 9.05. The van der Waals surface area contributed by atoms with Gasteiger partial charge in [-0.1, -0.05) is 0 Å². The molecule has 3 rings (SSSR count). The molecule has 11 heteroatoms. The molecule has 0 saturated carbocycles. The van der Waals surface area contributed by atoms with Gasteiger partial charge in [-0.15, -0.1) is 0 Å². The van der Waals surface area contributed by atoms with Gasteiger partial charge in [-0.25, -0.2) is 10.2 Å². The number of quaternary nitrogens is 1. The van der Waals surface area contributed by atoms with E-state index >= 15 is 0 Å². The number of alkyl halides is 3. The van der Waals surface area contributed by atoms with Gasteiger partial charge < -0.3 is 15.4 Å².